The van der Waals surface area contributed by atoms with Gasteiger partial charge in [0.1, 0.15) is 17.2 Å². The van der Waals surface area contributed by atoms with Crippen molar-refractivity contribution in [3.63, 3.8) is 0 Å². The molecular weight excluding hydrogens is 316 g/mol. The summed E-state index contributed by atoms with van der Waals surface area (Å²) in [4.78, 5) is 29.1. The number of furan rings is 1. The third-order valence-electron chi connectivity index (χ3n) is 4.88. The standard InChI is InChI=1S/C20H20N2O3/c1-12-9-16(12)18-8-7-14(25-18)11-22(2)20(24)17-10-13-5-3-4-6-15(13)19(23)21-17/h3-8,10,12,16H,9,11H2,1-2H3,(H,21,23)/t12-,16-/m1/s1. The van der Waals surface area contributed by atoms with Crippen LogP contribution in [0.3, 0.4) is 0 Å². The molecule has 1 N–H and O–H groups in total. The topological polar surface area (TPSA) is 66.3 Å². The number of pyridine rings is 1. The fourth-order valence-corrected chi connectivity index (χ4v) is 3.23. The van der Waals surface area contributed by atoms with Crippen molar-refractivity contribution in [2.24, 2.45) is 5.92 Å². The number of carbonyl (C=O) groups excluding carboxylic acids is 1. The molecule has 0 radical (unpaired) electrons. The molecule has 1 aliphatic rings. The van der Waals surface area contributed by atoms with E-state index in [0.29, 0.717) is 23.8 Å². The third-order valence-corrected chi connectivity index (χ3v) is 4.88. The van der Waals surface area contributed by atoms with E-state index in [9.17, 15) is 9.59 Å². The molecule has 1 aromatic carbocycles. The lowest BCUT2D eigenvalue weighted by Gasteiger charge is -2.16. The molecule has 0 spiro atoms. The minimum atomic E-state index is -0.252. The number of nitrogens with one attached hydrogen (secondary N) is 1. The molecule has 1 amide bonds. The van der Waals surface area contributed by atoms with Crippen LogP contribution in [0, 0.1) is 5.92 Å². The number of aromatic nitrogens is 1. The lowest BCUT2D eigenvalue weighted by atomic mass is 10.1. The van der Waals surface area contributed by atoms with Crippen molar-refractivity contribution in [3.05, 3.63) is 70.0 Å². The Morgan fingerprint density at radius 3 is 2.80 bits per heavy atom. The van der Waals surface area contributed by atoms with E-state index in [1.165, 1.54) is 6.42 Å². The average molecular weight is 336 g/mol. The Hall–Kier alpha value is -2.82. The van der Waals surface area contributed by atoms with Gasteiger partial charge in [-0.25, -0.2) is 0 Å². The average Bonchev–Trinajstić information content (AvgIpc) is 3.15. The Balaban J connectivity index is 1.54. The maximum atomic E-state index is 12.7. The molecular formula is C20H20N2O3. The molecule has 3 aromatic rings. The zero-order valence-corrected chi connectivity index (χ0v) is 14.3. The number of rotatable bonds is 4. The molecule has 25 heavy (non-hydrogen) atoms. The van der Waals surface area contributed by atoms with Gasteiger partial charge in [-0.05, 0) is 42.0 Å². The van der Waals surface area contributed by atoms with E-state index in [1.807, 2.05) is 24.3 Å². The predicted molar refractivity (Wildman–Crippen MR) is 95.6 cm³/mol. The summed E-state index contributed by atoms with van der Waals surface area (Å²) in [5, 5.41) is 1.34. The fraction of sp³-hybridized carbons (Fsp3) is 0.300. The van der Waals surface area contributed by atoms with Crippen molar-refractivity contribution >= 4 is 16.7 Å². The number of aromatic amines is 1. The quantitative estimate of drug-likeness (QED) is 0.793. The van der Waals surface area contributed by atoms with Gasteiger partial charge in [0.2, 0.25) is 0 Å². The molecule has 0 bridgehead atoms. The van der Waals surface area contributed by atoms with Gasteiger partial charge in [0.05, 0.1) is 6.54 Å². The number of hydrogen-bond acceptors (Lipinski definition) is 3. The molecule has 1 fully saturated rings. The van der Waals surface area contributed by atoms with E-state index in [2.05, 4.69) is 11.9 Å². The summed E-state index contributed by atoms with van der Waals surface area (Å²) in [5.41, 5.74) is 0.0339. The molecule has 128 valence electrons. The van der Waals surface area contributed by atoms with Crippen LogP contribution in [0.5, 0.6) is 0 Å². The van der Waals surface area contributed by atoms with Crippen LogP contribution in [0.2, 0.25) is 0 Å². The Morgan fingerprint density at radius 2 is 2.04 bits per heavy atom. The SMILES string of the molecule is C[C@@H]1C[C@H]1c1ccc(CN(C)C(=O)c2cc3ccccc3c(=O)[nH]2)o1. The van der Waals surface area contributed by atoms with Gasteiger partial charge in [0, 0.05) is 18.4 Å². The van der Waals surface area contributed by atoms with Crippen LogP contribution in [0.1, 0.15) is 41.3 Å². The lowest BCUT2D eigenvalue weighted by molar-refractivity contribution is 0.0769. The first-order valence-electron chi connectivity index (χ1n) is 8.49. The monoisotopic (exact) mass is 336 g/mol. The van der Waals surface area contributed by atoms with Crippen LogP contribution in [-0.4, -0.2) is 22.8 Å². The highest BCUT2D eigenvalue weighted by Gasteiger charge is 2.36. The van der Waals surface area contributed by atoms with Crippen LogP contribution in [0.4, 0.5) is 0 Å². The number of hydrogen-bond donors (Lipinski definition) is 1. The molecule has 1 aliphatic carbocycles. The summed E-state index contributed by atoms with van der Waals surface area (Å²) >= 11 is 0. The molecule has 5 heteroatoms. The van der Waals surface area contributed by atoms with E-state index in [1.54, 1.807) is 30.1 Å². The molecule has 2 aromatic heterocycles. The van der Waals surface area contributed by atoms with Gasteiger partial charge in [0.25, 0.3) is 11.5 Å². The zero-order chi connectivity index (χ0) is 17.6. The van der Waals surface area contributed by atoms with Gasteiger partial charge in [0.15, 0.2) is 0 Å². The van der Waals surface area contributed by atoms with Crippen molar-refractivity contribution < 1.29 is 9.21 Å². The van der Waals surface area contributed by atoms with Crippen LogP contribution < -0.4 is 5.56 Å². The van der Waals surface area contributed by atoms with E-state index >= 15 is 0 Å². The van der Waals surface area contributed by atoms with Crippen molar-refractivity contribution in [3.8, 4) is 0 Å². The minimum Gasteiger partial charge on any atom is -0.464 e. The Labute approximate surface area is 145 Å². The van der Waals surface area contributed by atoms with Crippen LogP contribution >= 0.6 is 0 Å². The van der Waals surface area contributed by atoms with E-state index in [-0.39, 0.29) is 17.2 Å². The summed E-state index contributed by atoms with van der Waals surface area (Å²) in [6.45, 7) is 2.58. The number of benzene rings is 1. The highest BCUT2D eigenvalue weighted by Crippen LogP contribution is 2.47. The normalized spacial score (nSPS) is 19.1. The molecule has 0 aliphatic heterocycles. The Bertz CT molecular complexity index is 1000. The van der Waals surface area contributed by atoms with Gasteiger partial charge in [-0.2, -0.15) is 0 Å². The number of amides is 1. The summed E-state index contributed by atoms with van der Waals surface area (Å²) in [6.07, 6.45) is 1.17. The number of fused-ring (bicyclic) bond motifs is 1. The first-order chi connectivity index (χ1) is 12.0. The molecule has 0 unspecified atom stereocenters. The van der Waals surface area contributed by atoms with Gasteiger partial charge in [-0.1, -0.05) is 25.1 Å². The number of nitrogens with zero attached hydrogens (tertiary/aromatic N) is 1. The van der Waals surface area contributed by atoms with Crippen molar-refractivity contribution in [2.75, 3.05) is 7.05 Å². The Kier molecular flexibility index (Phi) is 3.71. The number of H-pyrrole nitrogens is 1. The fourth-order valence-electron chi connectivity index (χ4n) is 3.23. The highest BCUT2D eigenvalue weighted by atomic mass is 16.3. The smallest absolute Gasteiger partial charge is 0.270 e. The van der Waals surface area contributed by atoms with E-state index < -0.39 is 0 Å². The van der Waals surface area contributed by atoms with Gasteiger partial charge in [-0.15, -0.1) is 0 Å². The highest BCUT2D eigenvalue weighted by molar-refractivity contribution is 5.96. The van der Waals surface area contributed by atoms with Crippen molar-refractivity contribution in [1.82, 2.24) is 9.88 Å². The first-order valence-corrected chi connectivity index (χ1v) is 8.49. The molecule has 4 rings (SSSR count). The Morgan fingerprint density at radius 1 is 1.28 bits per heavy atom. The molecule has 0 saturated heterocycles. The van der Waals surface area contributed by atoms with Crippen molar-refractivity contribution in [2.45, 2.75) is 25.8 Å². The third kappa shape index (κ3) is 2.97. The van der Waals surface area contributed by atoms with Crippen molar-refractivity contribution in [1.29, 1.82) is 0 Å². The predicted octanol–water partition coefficient (Wildman–Crippen LogP) is 3.52. The van der Waals surface area contributed by atoms with Gasteiger partial charge in [-0.3, -0.25) is 9.59 Å². The summed E-state index contributed by atoms with van der Waals surface area (Å²) in [5.74, 6) is 2.73. The maximum absolute atomic E-state index is 12.7. The van der Waals surface area contributed by atoms with Crippen LogP contribution in [0.25, 0.3) is 10.8 Å². The van der Waals surface area contributed by atoms with Gasteiger partial charge < -0.3 is 14.3 Å². The molecule has 1 saturated carbocycles. The summed E-state index contributed by atoms with van der Waals surface area (Å²) < 4.78 is 5.86. The molecule has 2 atom stereocenters. The minimum absolute atomic E-state index is 0.236. The summed E-state index contributed by atoms with van der Waals surface area (Å²) in [6, 6.07) is 12.9. The number of carbonyl (C=O) groups is 1. The summed E-state index contributed by atoms with van der Waals surface area (Å²) in [7, 11) is 1.71. The lowest BCUT2D eigenvalue weighted by Crippen LogP contribution is -2.28. The van der Waals surface area contributed by atoms with E-state index in [4.69, 9.17) is 4.42 Å². The maximum Gasteiger partial charge on any atom is 0.270 e. The van der Waals surface area contributed by atoms with Crippen LogP contribution in [0.15, 0.2) is 51.7 Å². The van der Waals surface area contributed by atoms with Crippen LogP contribution in [-0.2, 0) is 6.54 Å². The van der Waals surface area contributed by atoms with E-state index in [0.717, 1.165) is 16.9 Å². The first kappa shape index (κ1) is 15.7. The van der Waals surface area contributed by atoms with Gasteiger partial charge >= 0.3 is 0 Å². The second-order valence-corrected chi connectivity index (χ2v) is 6.88. The zero-order valence-electron chi connectivity index (χ0n) is 14.3. The largest absolute Gasteiger partial charge is 0.464 e. The second kappa shape index (κ2) is 5.92. The second-order valence-electron chi connectivity index (χ2n) is 6.88. The molecule has 5 nitrogen and oxygen atoms in total. The molecule has 2 heterocycles.